The van der Waals surface area contributed by atoms with Crippen LogP contribution in [0.2, 0.25) is 0 Å². The van der Waals surface area contributed by atoms with E-state index in [2.05, 4.69) is 15.6 Å². The van der Waals surface area contributed by atoms with Gasteiger partial charge in [0.15, 0.2) is 0 Å². The second kappa shape index (κ2) is 4.89. The number of aromatic nitrogens is 1. The Bertz CT molecular complexity index is 320. The number of carbonyl (C=O) groups is 1. The summed E-state index contributed by atoms with van der Waals surface area (Å²) in [6.07, 6.45) is 5.40. The van der Waals surface area contributed by atoms with Crippen LogP contribution in [0.3, 0.4) is 0 Å². The number of nitrogens with one attached hydrogen (secondary N) is 2. The van der Waals surface area contributed by atoms with Gasteiger partial charge in [-0.2, -0.15) is 0 Å². The van der Waals surface area contributed by atoms with Crippen LogP contribution in [0.1, 0.15) is 12.8 Å². The molecule has 1 aromatic rings. The van der Waals surface area contributed by atoms with Crippen molar-refractivity contribution in [2.24, 2.45) is 5.92 Å². The van der Waals surface area contributed by atoms with Crippen LogP contribution >= 0.6 is 0 Å². The van der Waals surface area contributed by atoms with E-state index in [0.29, 0.717) is 0 Å². The van der Waals surface area contributed by atoms with Crippen molar-refractivity contribution in [3.63, 3.8) is 0 Å². The summed E-state index contributed by atoms with van der Waals surface area (Å²) in [7, 11) is 0. The molecule has 1 aliphatic rings. The standard InChI is InChI=1S/C11H15N3O/c15-11(9-2-1-5-13-8-9)14-10-3-6-12-7-4-10/h3-4,6-7,9,13H,1-2,5,8H2,(H,12,14,15). The SMILES string of the molecule is O=C(Nc1ccncc1)C1CCCNC1. The molecule has 1 unspecified atom stereocenters. The molecule has 0 aliphatic carbocycles. The maximum Gasteiger partial charge on any atom is 0.228 e. The average molecular weight is 205 g/mol. The third-order valence-electron chi connectivity index (χ3n) is 2.62. The molecule has 0 aromatic carbocycles. The highest BCUT2D eigenvalue weighted by Gasteiger charge is 2.20. The summed E-state index contributed by atoms with van der Waals surface area (Å²) in [6, 6.07) is 3.60. The zero-order valence-corrected chi connectivity index (χ0v) is 8.57. The Morgan fingerprint density at radius 3 is 2.93 bits per heavy atom. The number of anilines is 1. The fraction of sp³-hybridized carbons (Fsp3) is 0.455. The van der Waals surface area contributed by atoms with Gasteiger partial charge in [-0.25, -0.2) is 0 Å². The first-order chi connectivity index (χ1) is 7.36. The topological polar surface area (TPSA) is 54.0 Å². The molecule has 15 heavy (non-hydrogen) atoms. The molecule has 80 valence electrons. The molecule has 2 heterocycles. The van der Waals surface area contributed by atoms with E-state index in [9.17, 15) is 4.79 Å². The van der Waals surface area contributed by atoms with Crippen molar-refractivity contribution in [1.29, 1.82) is 0 Å². The molecule has 1 atom stereocenters. The summed E-state index contributed by atoms with van der Waals surface area (Å²) in [5.74, 6) is 0.209. The molecule has 1 aromatic heterocycles. The van der Waals surface area contributed by atoms with Crippen LogP contribution in [0, 0.1) is 5.92 Å². The van der Waals surface area contributed by atoms with E-state index in [-0.39, 0.29) is 11.8 Å². The summed E-state index contributed by atoms with van der Waals surface area (Å²) in [5, 5.41) is 6.12. The summed E-state index contributed by atoms with van der Waals surface area (Å²) in [4.78, 5) is 15.7. The summed E-state index contributed by atoms with van der Waals surface area (Å²) >= 11 is 0. The van der Waals surface area contributed by atoms with Crippen LogP contribution in [0.5, 0.6) is 0 Å². The van der Waals surface area contributed by atoms with Gasteiger partial charge in [0.05, 0.1) is 5.92 Å². The second-order valence-corrected chi connectivity index (χ2v) is 3.77. The molecule has 1 saturated heterocycles. The first-order valence-corrected chi connectivity index (χ1v) is 5.28. The predicted octanol–water partition coefficient (Wildman–Crippen LogP) is 1.02. The second-order valence-electron chi connectivity index (χ2n) is 3.77. The van der Waals surface area contributed by atoms with Gasteiger partial charge in [0.25, 0.3) is 0 Å². The number of hydrogen-bond donors (Lipinski definition) is 2. The fourth-order valence-corrected chi connectivity index (χ4v) is 1.76. The maximum absolute atomic E-state index is 11.8. The van der Waals surface area contributed by atoms with E-state index >= 15 is 0 Å². The highest BCUT2D eigenvalue weighted by molar-refractivity contribution is 5.92. The van der Waals surface area contributed by atoms with Gasteiger partial charge in [0.1, 0.15) is 0 Å². The van der Waals surface area contributed by atoms with Gasteiger partial charge in [-0.15, -0.1) is 0 Å². The van der Waals surface area contributed by atoms with Crippen LogP contribution in [0.25, 0.3) is 0 Å². The Hall–Kier alpha value is -1.42. The number of hydrogen-bond acceptors (Lipinski definition) is 3. The highest BCUT2D eigenvalue weighted by Crippen LogP contribution is 2.13. The molecule has 4 heteroatoms. The number of piperidine rings is 1. The molecule has 2 rings (SSSR count). The summed E-state index contributed by atoms with van der Waals surface area (Å²) in [5.41, 5.74) is 0.820. The molecule has 4 nitrogen and oxygen atoms in total. The molecule has 0 spiro atoms. The van der Waals surface area contributed by atoms with Crippen LogP contribution in [-0.2, 0) is 4.79 Å². The minimum Gasteiger partial charge on any atom is -0.326 e. The van der Waals surface area contributed by atoms with E-state index in [0.717, 1.165) is 31.6 Å². The van der Waals surface area contributed by atoms with Crippen molar-refractivity contribution in [1.82, 2.24) is 10.3 Å². The van der Waals surface area contributed by atoms with E-state index in [1.807, 2.05) is 0 Å². The third kappa shape index (κ3) is 2.76. The highest BCUT2D eigenvalue weighted by atomic mass is 16.1. The number of amides is 1. The normalized spacial score (nSPS) is 20.9. The zero-order valence-electron chi connectivity index (χ0n) is 8.57. The number of pyridine rings is 1. The molecular formula is C11H15N3O. The lowest BCUT2D eigenvalue weighted by Gasteiger charge is -2.21. The fourth-order valence-electron chi connectivity index (χ4n) is 1.76. The van der Waals surface area contributed by atoms with Crippen LogP contribution < -0.4 is 10.6 Å². The van der Waals surface area contributed by atoms with Gasteiger partial charge in [-0.05, 0) is 31.5 Å². The monoisotopic (exact) mass is 205 g/mol. The molecule has 0 radical (unpaired) electrons. The largest absolute Gasteiger partial charge is 0.326 e. The molecule has 0 bridgehead atoms. The minimum absolute atomic E-state index is 0.104. The van der Waals surface area contributed by atoms with Gasteiger partial charge in [-0.1, -0.05) is 0 Å². The van der Waals surface area contributed by atoms with Crippen molar-refractivity contribution in [2.75, 3.05) is 18.4 Å². The molecular weight excluding hydrogens is 190 g/mol. The van der Waals surface area contributed by atoms with E-state index < -0.39 is 0 Å². The Morgan fingerprint density at radius 1 is 1.47 bits per heavy atom. The summed E-state index contributed by atoms with van der Waals surface area (Å²) < 4.78 is 0. The lowest BCUT2D eigenvalue weighted by molar-refractivity contribution is -0.120. The van der Waals surface area contributed by atoms with Crippen LogP contribution in [-0.4, -0.2) is 24.0 Å². The maximum atomic E-state index is 11.8. The van der Waals surface area contributed by atoms with Crippen molar-refractivity contribution >= 4 is 11.6 Å². The third-order valence-corrected chi connectivity index (χ3v) is 2.62. The van der Waals surface area contributed by atoms with Gasteiger partial charge < -0.3 is 10.6 Å². The Kier molecular flexibility index (Phi) is 3.29. The van der Waals surface area contributed by atoms with Crippen molar-refractivity contribution in [2.45, 2.75) is 12.8 Å². The molecule has 1 amide bonds. The van der Waals surface area contributed by atoms with E-state index in [4.69, 9.17) is 0 Å². The first kappa shape index (κ1) is 10.1. The summed E-state index contributed by atoms with van der Waals surface area (Å²) in [6.45, 7) is 1.82. The molecule has 1 aliphatic heterocycles. The van der Waals surface area contributed by atoms with E-state index in [1.165, 1.54) is 0 Å². The van der Waals surface area contributed by atoms with Crippen LogP contribution in [0.4, 0.5) is 5.69 Å². The molecule has 1 fully saturated rings. The van der Waals surface area contributed by atoms with Gasteiger partial charge >= 0.3 is 0 Å². The first-order valence-electron chi connectivity index (χ1n) is 5.28. The average Bonchev–Trinajstić information content (AvgIpc) is 2.31. The predicted molar refractivity (Wildman–Crippen MR) is 58.5 cm³/mol. The number of carbonyl (C=O) groups excluding carboxylic acids is 1. The Labute approximate surface area is 89.1 Å². The number of nitrogens with zero attached hydrogens (tertiary/aromatic N) is 1. The molecule has 0 saturated carbocycles. The Morgan fingerprint density at radius 2 is 2.27 bits per heavy atom. The van der Waals surface area contributed by atoms with Crippen molar-refractivity contribution < 1.29 is 4.79 Å². The van der Waals surface area contributed by atoms with Crippen molar-refractivity contribution in [3.8, 4) is 0 Å². The lowest BCUT2D eigenvalue weighted by Crippen LogP contribution is -2.37. The van der Waals surface area contributed by atoms with Gasteiger partial charge in [0, 0.05) is 24.6 Å². The minimum atomic E-state index is 0.104. The van der Waals surface area contributed by atoms with Crippen molar-refractivity contribution in [3.05, 3.63) is 24.5 Å². The zero-order chi connectivity index (χ0) is 10.5. The quantitative estimate of drug-likeness (QED) is 0.758. The lowest BCUT2D eigenvalue weighted by atomic mass is 9.99. The molecule has 2 N–H and O–H groups in total. The smallest absolute Gasteiger partial charge is 0.228 e. The Balaban J connectivity index is 1.91. The van der Waals surface area contributed by atoms with E-state index in [1.54, 1.807) is 24.5 Å². The van der Waals surface area contributed by atoms with Crippen LogP contribution in [0.15, 0.2) is 24.5 Å². The van der Waals surface area contributed by atoms with Gasteiger partial charge in [-0.3, -0.25) is 9.78 Å². The number of rotatable bonds is 2. The van der Waals surface area contributed by atoms with Gasteiger partial charge in [0.2, 0.25) is 5.91 Å².